The number of carbonyl (C=O) groups is 1. The van der Waals surface area contributed by atoms with Crippen LogP contribution in [0.3, 0.4) is 0 Å². The van der Waals surface area contributed by atoms with E-state index in [0.29, 0.717) is 62.3 Å². The number of benzene rings is 1. The molecule has 0 saturated carbocycles. The summed E-state index contributed by atoms with van der Waals surface area (Å²) in [6, 6.07) is 5.22. The quantitative estimate of drug-likeness (QED) is 0.750. The number of amides is 1. The van der Waals surface area contributed by atoms with Gasteiger partial charge in [0.25, 0.3) is 0 Å². The van der Waals surface area contributed by atoms with Crippen molar-refractivity contribution in [1.82, 2.24) is 9.21 Å². The summed E-state index contributed by atoms with van der Waals surface area (Å²) in [5.74, 6) is -0.0156. The lowest BCUT2D eigenvalue weighted by atomic mass is 9.72. The Bertz CT molecular complexity index is 786. The highest BCUT2D eigenvalue weighted by molar-refractivity contribution is 7.88. The monoisotopic (exact) mass is 420 g/mol. The van der Waals surface area contributed by atoms with Crippen LogP contribution in [0, 0.1) is 0 Å². The molecule has 0 aromatic heterocycles. The Labute approximate surface area is 164 Å². The van der Waals surface area contributed by atoms with Crippen molar-refractivity contribution < 1.29 is 17.9 Å². The van der Waals surface area contributed by atoms with Gasteiger partial charge in [0.2, 0.25) is 15.9 Å². The van der Waals surface area contributed by atoms with Gasteiger partial charge in [0.15, 0.2) is 0 Å². The predicted octanol–water partition coefficient (Wildman–Crippen LogP) is 2.15. The maximum atomic E-state index is 13.5. The molecular formula is C17H22Cl2N2O4S. The lowest BCUT2D eigenvalue weighted by molar-refractivity contribution is -0.142. The molecule has 0 radical (unpaired) electrons. The summed E-state index contributed by atoms with van der Waals surface area (Å²) in [5.41, 5.74) is 0.00936. The average Bonchev–Trinajstić information content (AvgIpc) is 2.61. The molecule has 2 aliphatic heterocycles. The van der Waals surface area contributed by atoms with E-state index in [-0.39, 0.29) is 5.91 Å². The maximum absolute atomic E-state index is 13.5. The van der Waals surface area contributed by atoms with E-state index in [4.69, 9.17) is 27.9 Å². The molecule has 144 valence electrons. The van der Waals surface area contributed by atoms with Crippen molar-refractivity contribution >= 4 is 39.1 Å². The zero-order chi connectivity index (χ0) is 18.9. The normalized spacial score (nSPS) is 21.6. The minimum Gasteiger partial charge on any atom is -0.381 e. The molecule has 0 aliphatic carbocycles. The summed E-state index contributed by atoms with van der Waals surface area (Å²) >= 11 is 12.5. The van der Waals surface area contributed by atoms with Crippen molar-refractivity contribution in [3.8, 4) is 0 Å². The molecule has 2 fully saturated rings. The molecule has 2 heterocycles. The second-order valence-corrected chi connectivity index (χ2v) is 9.60. The molecule has 0 unspecified atom stereocenters. The predicted molar refractivity (Wildman–Crippen MR) is 101 cm³/mol. The summed E-state index contributed by atoms with van der Waals surface area (Å²) in [6.07, 6.45) is 2.27. The Morgan fingerprint density at radius 2 is 1.73 bits per heavy atom. The fraction of sp³-hybridized carbons (Fsp3) is 0.588. The molecule has 1 amide bonds. The van der Waals surface area contributed by atoms with E-state index in [9.17, 15) is 13.2 Å². The van der Waals surface area contributed by atoms with Crippen molar-refractivity contribution in [2.45, 2.75) is 18.3 Å². The van der Waals surface area contributed by atoms with Crippen LogP contribution in [-0.2, 0) is 25.0 Å². The highest BCUT2D eigenvalue weighted by Crippen LogP contribution is 2.41. The van der Waals surface area contributed by atoms with Crippen LogP contribution >= 0.6 is 23.2 Å². The second-order valence-electron chi connectivity index (χ2n) is 6.77. The van der Waals surface area contributed by atoms with E-state index < -0.39 is 15.4 Å². The molecule has 6 nitrogen and oxygen atoms in total. The van der Waals surface area contributed by atoms with E-state index in [1.54, 1.807) is 17.0 Å². The fourth-order valence-electron chi connectivity index (χ4n) is 3.72. The Hall–Kier alpha value is -0.860. The van der Waals surface area contributed by atoms with Gasteiger partial charge in [0.05, 0.1) is 11.7 Å². The summed E-state index contributed by atoms with van der Waals surface area (Å²) < 4.78 is 30.3. The Morgan fingerprint density at radius 1 is 1.12 bits per heavy atom. The topological polar surface area (TPSA) is 66.9 Å². The van der Waals surface area contributed by atoms with Crippen LogP contribution in [0.1, 0.15) is 18.4 Å². The van der Waals surface area contributed by atoms with Gasteiger partial charge in [-0.3, -0.25) is 4.79 Å². The van der Waals surface area contributed by atoms with Gasteiger partial charge in [-0.05, 0) is 30.5 Å². The zero-order valence-electron chi connectivity index (χ0n) is 14.6. The molecular weight excluding hydrogens is 399 g/mol. The van der Waals surface area contributed by atoms with Crippen molar-refractivity contribution in [3.63, 3.8) is 0 Å². The average molecular weight is 421 g/mol. The third-order valence-electron chi connectivity index (χ3n) is 5.20. The molecule has 26 heavy (non-hydrogen) atoms. The molecule has 2 aliphatic rings. The lowest BCUT2D eigenvalue weighted by Gasteiger charge is -2.43. The van der Waals surface area contributed by atoms with Crippen LogP contribution in [0.15, 0.2) is 18.2 Å². The smallest absolute Gasteiger partial charge is 0.233 e. The number of halogens is 2. The third-order valence-corrected chi connectivity index (χ3v) is 7.05. The Balaban J connectivity index is 1.88. The first-order chi connectivity index (χ1) is 12.2. The first-order valence-electron chi connectivity index (χ1n) is 8.52. The molecule has 0 spiro atoms. The molecule has 0 atom stereocenters. The minimum atomic E-state index is -3.24. The van der Waals surface area contributed by atoms with E-state index in [1.165, 1.54) is 10.6 Å². The van der Waals surface area contributed by atoms with Crippen LogP contribution in [-0.4, -0.2) is 69.2 Å². The highest BCUT2D eigenvalue weighted by atomic mass is 35.5. The number of ether oxygens (including phenoxy) is 1. The van der Waals surface area contributed by atoms with E-state index in [2.05, 4.69) is 0 Å². The van der Waals surface area contributed by atoms with E-state index in [0.717, 1.165) is 5.56 Å². The largest absolute Gasteiger partial charge is 0.381 e. The minimum absolute atomic E-state index is 0.0156. The molecule has 1 aromatic carbocycles. The van der Waals surface area contributed by atoms with Gasteiger partial charge in [-0.1, -0.05) is 29.3 Å². The lowest BCUT2D eigenvalue weighted by Crippen LogP contribution is -2.56. The first kappa shape index (κ1) is 19.9. The van der Waals surface area contributed by atoms with Crippen molar-refractivity contribution in [2.75, 3.05) is 45.6 Å². The summed E-state index contributed by atoms with van der Waals surface area (Å²) in [4.78, 5) is 15.2. The number of carbonyl (C=O) groups excluding carboxylic acids is 1. The van der Waals surface area contributed by atoms with Crippen LogP contribution < -0.4 is 0 Å². The van der Waals surface area contributed by atoms with Crippen molar-refractivity contribution in [2.24, 2.45) is 0 Å². The summed E-state index contributed by atoms with van der Waals surface area (Å²) in [7, 11) is -3.24. The van der Waals surface area contributed by atoms with Gasteiger partial charge in [-0.25, -0.2) is 8.42 Å². The van der Waals surface area contributed by atoms with Crippen LogP contribution in [0.5, 0.6) is 0 Å². The van der Waals surface area contributed by atoms with Gasteiger partial charge in [0.1, 0.15) is 0 Å². The maximum Gasteiger partial charge on any atom is 0.233 e. The third kappa shape index (κ3) is 3.87. The molecule has 3 rings (SSSR count). The van der Waals surface area contributed by atoms with Gasteiger partial charge in [-0.15, -0.1) is 0 Å². The highest BCUT2D eigenvalue weighted by Gasteiger charge is 2.46. The van der Waals surface area contributed by atoms with Crippen molar-refractivity contribution in [1.29, 1.82) is 0 Å². The van der Waals surface area contributed by atoms with Crippen LogP contribution in [0.4, 0.5) is 0 Å². The van der Waals surface area contributed by atoms with Gasteiger partial charge in [-0.2, -0.15) is 4.31 Å². The standard InChI is InChI=1S/C17H22Cl2N2O4S/c1-26(23,24)21-8-6-20(7-9-21)16(22)17(4-10-25-11-5-17)14-3-2-13(18)12-15(14)19/h2-3,12H,4-11H2,1H3. The van der Waals surface area contributed by atoms with Gasteiger partial charge < -0.3 is 9.64 Å². The second kappa shape index (κ2) is 7.64. The van der Waals surface area contributed by atoms with Crippen molar-refractivity contribution in [3.05, 3.63) is 33.8 Å². The summed E-state index contributed by atoms with van der Waals surface area (Å²) in [5, 5.41) is 0.998. The number of hydrogen-bond acceptors (Lipinski definition) is 4. The number of hydrogen-bond donors (Lipinski definition) is 0. The molecule has 1 aromatic rings. The van der Waals surface area contributed by atoms with E-state index in [1.807, 2.05) is 6.07 Å². The van der Waals surface area contributed by atoms with Crippen LogP contribution in [0.2, 0.25) is 10.0 Å². The number of nitrogens with zero attached hydrogens (tertiary/aromatic N) is 2. The molecule has 0 N–H and O–H groups in total. The Kier molecular flexibility index (Phi) is 5.84. The summed E-state index contributed by atoms with van der Waals surface area (Å²) in [6.45, 7) is 2.33. The number of rotatable bonds is 3. The molecule has 9 heteroatoms. The van der Waals surface area contributed by atoms with Gasteiger partial charge in [0, 0.05) is 49.4 Å². The molecule has 0 bridgehead atoms. The van der Waals surface area contributed by atoms with Crippen LogP contribution in [0.25, 0.3) is 0 Å². The number of piperazine rings is 1. The fourth-order valence-corrected chi connectivity index (χ4v) is 5.14. The zero-order valence-corrected chi connectivity index (χ0v) is 16.9. The molecule has 2 saturated heterocycles. The number of sulfonamides is 1. The van der Waals surface area contributed by atoms with E-state index >= 15 is 0 Å². The Morgan fingerprint density at radius 3 is 2.27 bits per heavy atom. The SMILES string of the molecule is CS(=O)(=O)N1CCN(C(=O)C2(c3ccc(Cl)cc3Cl)CCOCC2)CC1. The first-order valence-corrected chi connectivity index (χ1v) is 11.1. The van der Waals surface area contributed by atoms with Gasteiger partial charge >= 0.3 is 0 Å².